The number of fused-ring (bicyclic) bond motifs is 1. The molecule has 19 heavy (non-hydrogen) atoms. The van der Waals surface area contributed by atoms with Gasteiger partial charge in [-0.05, 0) is 48.1 Å². The van der Waals surface area contributed by atoms with E-state index >= 15 is 0 Å². The maximum atomic E-state index is 10.2. The van der Waals surface area contributed by atoms with Gasteiger partial charge in [0.25, 0.3) is 0 Å². The fourth-order valence-electron chi connectivity index (χ4n) is 2.24. The number of rotatable bonds is 4. The van der Waals surface area contributed by atoms with Crippen molar-refractivity contribution >= 4 is 26.9 Å². The molecule has 1 aromatic carbocycles. The Morgan fingerprint density at radius 3 is 2.58 bits per heavy atom. The summed E-state index contributed by atoms with van der Waals surface area (Å²) in [7, 11) is 3.97. The molecule has 0 aliphatic heterocycles. The van der Waals surface area contributed by atoms with Crippen molar-refractivity contribution in [2.24, 2.45) is 5.92 Å². The minimum Gasteiger partial charge on any atom is -0.506 e. The first-order chi connectivity index (χ1) is 8.88. The molecular weight excluding hydrogens is 306 g/mol. The summed E-state index contributed by atoms with van der Waals surface area (Å²) < 4.78 is 6.56. The van der Waals surface area contributed by atoms with E-state index in [1.54, 1.807) is 0 Å². The summed E-state index contributed by atoms with van der Waals surface area (Å²) in [5, 5.41) is 11.2. The third-order valence-electron chi connectivity index (χ3n) is 2.99. The molecule has 0 saturated carbocycles. The number of hydrogen-bond acceptors (Lipinski definition) is 3. The molecule has 0 amide bonds. The van der Waals surface area contributed by atoms with Crippen LogP contribution in [0.5, 0.6) is 5.75 Å². The van der Waals surface area contributed by atoms with Crippen molar-refractivity contribution in [2.45, 2.75) is 26.8 Å². The highest BCUT2D eigenvalue weighted by Gasteiger charge is 2.16. The first-order valence-corrected chi connectivity index (χ1v) is 7.25. The predicted molar refractivity (Wildman–Crippen MR) is 81.5 cm³/mol. The highest BCUT2D eigenvalue weighted by atomic mass is 79.9. The monoisotopic (exact) mass is 325 g/mol. The van der Waals surface area contributed by atoms with E-state index in [9.17, 15) is 5.11 Å². The van der Waals surface area contributed by atoms with E-state index in [4.69, 9.17) is 4.42 Å². The van der Waals surface area contributed by atoms with Gasteiger partial charge in [0.15, 0.2) is 0 Å². The average Bonchev–Trinajstić information content (AvgIpc) is 2.65. The largest absolute Gasteiger partial charge is 0.506 e. The van der Waals surface area contributed by atoms with E-state index in [2.05, 4.69) is 35.8 Å². The molecule has 0 spiro atoms. The highest BCUT2D eigenvalue weighted by molar-refractivity contribution is 9.10. The zero-order valence-electron chi connectivity index (χ0n) is 11.8. The van der Waals surface area contributed by atoms with E-state index < -0.39 is 0 Å². The molecule has 0 unspecified atom stereocenters. The minimum absolute atomic E-state index is 0.304. The summed E-state index contributed by atoms with van der Waals surface area (Å²) in [6, 6.07) is 3.90. The quantitative estimate of drug-likeness (QED) is 0.916. The van der Waals surface area contributed by atoms with Gasteiger partial charge in [-0.3, -0.25) is 0 Å². The zero-order chi connectivity index (χ0) is 14.2. The second-order valence-electron chi connectivity index (χ2n) is 5.65. The normalized spacial score (nSPS) is 11.9. The third kappa shape index (κ3) is 3.12. The van der Waals surface area contributed by atoms with Crippen LogP contribution in [0.3, 0.4) is 0 Å². The van der Waals surface area contributed by atoms with Crippen LogP contribution in [-0.2, 0) is 13.0 Å². The van der Waals surface area contributed by atoms with Crippen LogP contribution in [0.2, 0.25) is 0 Å². The number of phenolic OH excluding ortho intramolecular Hbond substituents is 1. The molecule has 0 aliphatic carbocycles. The smallest absolute Gasteiger partial charge is 0.136 e. The summed E-state index contributed by atoms with van der Waals surface area (Å²) in [5.41, 5.74) is 1.74. The molecule has 2 rings (SSSR count). The lowest BCUT2D eigenvalue weighted by atomic mass is 10.1. The molecule has 0 radical (unpaired) electrons. The van der Waals surface area contributed by atoms with Gasteiger partial charge >= 0.3 is 0 Å². The lowest BCUT2D eigenvalue weighted by Gasteiger charge is -2.13. The van der Waals surface area contributed by atoms with E-state index in [-0.39, 0.29) is 0 Å². The Bertz CT molecular complexity index is 587. The third-order valence-corrected chi connectivity index (χ3v) is 3.60. The summed E-state index contributed by atoms with van der Waals surface area (Å²) >= 11 is 3.39. The van der Waals surface area contributed by atoms with Crippen LogP contribution in [0, 0.1) is 5.92 Å². The number of hydrogen-bond donors (Lipinski definition) is 1. The van der Waals surface area contributed by atoms with Gasteiger partial charge in [-0.1, -0.05) is 13.8 Å². The van der Waals surface area contributed by atoms with Crippen molar-refractivity contribution in [2.75, 3.05) is 14.1 Å². The van der Waals surface area contributed by atoms with E-state index in [0.717, 1.165) is 28.7 Å². The van der Waals surface area contributed by atoms with Gasteiger partial charge in [0.05, 0.1) is 4.47 Å². The molecule has 104 valence electrons. The van der Waals surface area contributed by atoms with Crippen molar-refractivity contribution in [1.29, 1.82) is 0 Å². The van der Waals surface area contributed by atoms with Gasteiger partial charge in [0.1, 0.15) is 17.1 Å². The van der Waals surface area contributed by atoms with Crippen LogP contribution < -0.4 is 0 Å². The predicted octanol–water partition coefficient (Wildman–Crippen LogP) is 4.16. The van der Waals surface area contributed by atoms with Crippen LogP contribution in [0.15, 0.2) is 21.0 Å². The van der Waals surface area contributed by atoms with Crippen molar-refractivity contribution in [1.82, 2.24) is 4.90 Å². The fraction of sp³-hybridized carbons (Fsp3) is 0.467. The molecule has 1 aromatic heterocycles. The Kier molecular flexibility index (Phi) is 4.21. The van der Waals surface area contributed by atoms with Gasteiger partial charge in [-0.15, -0.1) is 0 Å². The average molecular weight is 326 g/mol. The highest BCUT2D eigenvalue weighted by Crippen LogP contribution is 2.37. The number of aromatic hydroxyl groups is 1. The molecule has 3 nitrogen and oxygen atoms in total. The first kappa shape index (κ1) is 14.4. The maximum Gasteiger partial charge on any atom is 0.136 e. The van der Waals surface area contributed by atoms with Gasteiger partial charge < -0.3 is 14.4 Å². The Labute approximate surface area is 122 Å². The van der Waals surface area contributed by atoms with Crippen LogP contribution in [0.1, 0.15) is 25.2 Å². The van der Waals surface area contributed by atoms with Crippen molar-refractivity contribution in [3.8, 4) is 5.75 Å². The Morgan fingerprint density at radius 2 is 2.00 bits per heavy atom. The summed E-state index contributed by atoms with van der Waals surface area (Å²) in [4.78, 5) is 2.04. The maximum absolute atomic E-state index is 10.2. The lowest BCUT2D eigenvalue weighted by molar-refractivity contribution is 0.387. The van der Waals surface area contributed by atoms with Crippen LogP contribution >= 0.6 is 15.9 Å². The van der Waals surface area contributed by atoms with E-state index in [1.165, 1.54) is 0 Å². The molecule has 4 heteroatoms. The Morgan fingerprint density at radius 1 is 1.32 bits per heavy atom. The van der Waals surface area contributed by atoms with Crippen molar-refractivity contribution in [3.63, 3.8) is 0 Å². The zero-order valence-corrected chi connectivity index (χ0v) is 13.4. The standard InChI is InChI=1S/C15H20BrNO2/c1-9(2)5-10-6-11-12(8-17(3)4)15(18)13(16)7-14(11)19-10/h6-7,9,18H,5,8H2,1-4H3. The van der Waals surface area contributed by atoms with Gasteiger partial charge in [-0.25, -0.2) is 0 Å². The summed E-state index contributed by atoms with van der Waals surface area (Å²) in [6.45, 7) is 5.02. The molecule has 0 bridgehead atoms. The number of nitrogens with zero attached hydrogens (tertiary/aromatic N) is 1. The molecule has 0 aliphatic rings. The number of benzene rings is 1. The van der Waals surface area contributed by atoms with E-state index in [0.29, 0.717) is 22.7 Å². The number of furan rings is 1. The van der Waals surface area contributed by atoms with Gasteiger partial charge in [0.2, 0.25) is 0 Å². The van der Waals surface area contributed by atoms with Gasteiger partial charge in [-0.2, -0.15) is 0 Å². The summed E-state index contributed by atoms with van der Waals surface area (Å²) in [6.07, 6.45) is 0.911. The molecule has 0 atom stereocenters. The van der Waals surface area contributed by atoms with Crippen LogP contribution in [-0.4, -0.2) is 24.1 Å². The SMILES string of the molecule is CC(C)Cc1cc2c(CN(C)C)c(O)c(Br)cc2o1. The topological polar surface area (TPSA) is 36.6 Å². The van der Waals surface area contributed by atoms with Crippen LogP contribution in [0.25, 0.3) is 11.0 Å². The molecule has 2 aromatic rings. The first-order valence-electron chi connectivity index (χ1n) is 6.46. The Balaban J connectivity index is 2.56. The molecule has 1 N–H and O–H groups in total. The number of halogens is 1. The molecule has 0 saturated heterocycles. The summed E-state index contributed by atoms with van der Waals surface area (Å²) in [5.74, 6) is 1.83. The van der Waals surface area contributed by atoms with Crippen molar-refractivity contribution < 1.29 is 9.52 Å². The molecule has 1 heterocycles. The second-order valence-corrected chi connectivity index (χ2v) is 6.50. The van der Waals surface area contributed by atoms with Gasteiger partial charge in [0, 0.05) is 23.9 Å². The molecule has 0 fully saturated rings. The Hall–Kier alpha value is -1.00. The van der Waals surface area contributed by atoms with Crippen molar-refractivity contribution in [3.05, 3.63) is 27.9 Å². The molecular formula is C15H20BrNO2. The minimum atomic E-state index is 0.304. The fourth-order valence-corrected chi connectivity index (χ4v) is 2.68. The van der Waals surface area contributed by atoms with E-state index in [1.807, 2.05) is 25.1 Å². The second kappa shape index (κ2) is 5.55. The number of phenols is 1. The van der Waals surface area contributed by atoms with Crippen LogP contribution in [0.4, 0.5) is 0 Å². The lowest BCUT2D eigenvalue weighted by Crippen LogP contribution is -2.11.